The quantitative estimate of drug-likeness (QED) is 0.414. The summed E-state index contributed by atoms with van der Waals surface area (Å²) in [4.78, 5) is 9.89. The average Bonchev–Trinajstić information content (AvgIpc) is 2.39. The Hall–Kier alpha value is -0.670. The number of methoxy groups -OCH3 is 1. The molecule has 1 aliphatic rings. The van der Waals surface area contributed by atoms with Crippen LogP contribution in [0.3, 0.4) is 0 Å². The maximum absolute atomic E-state index is 9.89. The van der Waals surface area contributed by atoms with Crippen LogP contribution in [0.15, 0.2) is 12.2 Å². The summed E-state index contributed by atoms with van der Waals surface area (Å²) in [5, 5.41) is 2.93. The van der Waals surface area contributed by atoms with E-state index in [9.17, 15) is 4.79 Å². The highest BCUT2D eigenvalue weighted by Gasteiger charge is 2.02. The van der Waals surface area contributed by atoms with Crippen molar-refractivity contribution in [1.82, 2.24) is 5.32 Å². The minimum absolute atomic E-state index is 0.0139. The second-order valence-electron chi connectivity index (χ2n) is 1.91. The third-order valence-corrected chi connectivity index (χ3v) is 0.961. The van der Waals surface area contributed by atoms with Crippen LogP contribution in [0, 0.1) is 0 Å². The lowest BCUT2D eigenvalue weighted by Gasteiger charge is -1.93. The van der Waals surface area contributed by atoms with E-state index in [4.69, 9.17) is 0 Å². The fraction of sp³-hybridized carbons (Fsp3) is 0.571. The van der Waals surface area contributed by atoms with Crippen molar-refractivity contribution in [2.75, 3.05) is 20.8 Å². The maximum atomic E-state index is 9.89. The van der Waals surface area contributed by atoms with Gasteiger partial charge in [-0.3, -0.25) is 0 Å². The molecule has 3 nitrogen and oxygen atoms in total. The van der Waals surface area contributed by atoms with E-state index in [1.807, 2.05) is 12.2 Å². The van der Waals surface area contributed by atoms with Crippen LogP contribution in [-0.4, -0.2) is 33.1 Å². The van der Waals surface area contributed by atoms with Crippen molar-refractivity contribution >= 4 is 6.29 Å². The van der Waals surface area contributed by atoms with E-state index in [1.165, 1.54) is 0 Å². The summed E-state index contributed by atoms with van der Waals surface area (Å²) in [6.45, 7) is 0.837. The molecular formula is C7H13NO2. The molecule has 1 atom stereocenters. The Bertz CT molecular complexity index is 112. The fourth-order valence-corrected chi connectivity index (χ4v) is 0.580. The SMILES string of the molecule is COC.O=CC1C=CCN1. The van der Waals surface area contributed by atoms with Gasteiger partial charge in [0.25, 0.3) is 0 Å². The van der Waals surface area contributed by atoms with Crippen molar-refractivity contribution < 1.29 is 9.53 Å². The topological polar surface area (TPSA) is 38.3 Å². The molecular weight excluding hydrogens is 130 g/mol. The monoisotopic (exact) mass is 143 g/mol. The number of carbonyl (C=O) groups is 1. The summed E-state index contributed by atoms with van der Waals surface area (Å²) in [6, 6.07) is -0.0139. The molecule has 0 amide bonds. The number of hydrogen-bond donors (Lipinski definition) is 1. The summed E-state index contributed by atoms with van der Waals surface area (Å²) in [5.74, 6) is 0. The standard InChI is InChI=1S/C5H7NO.C2H6O/c7-4-5-2-1-3-6-5;1-3-2/h1-2,4-6H,3H2;1-2H3. The Morgan fingerprint density at radius 1 is 1.70 bits per heavy atom. The zero-order chi connectivity index (χ0) is 7.82. The molecule has 0 radical (unpaired) electrons. The zero-order valence-corrected chi connectivity index (χ0v) is 6.33. The Kier molecular flexibility index (Phi) is 6.02. The van der Waals surface area contributed by atoms with Crippen LogP contribution in [0.4, 0.5) is 0 Å². The number of nitrogens with one attached hydrogen (secondary N) is 1. The van der Waals surface area contributed by atoms with Crippen molar-refractivity contribution in [2.24, 2.45) is 0 Å². The van der Waals surface area contributed by atoms with Gasteiger partial charge in [0.05, 0.1) is 6.04 Å². The third-order valence-electron chi connectivity index (χ3n) is 0.961. The van der Waals surface area contributed by atoms with Gasteiger partial charge in [-0.1, -0.05) is 12.2 Å². The van der Waals surface area contributed by atoms with E-state index in [0.717, 1.165) is 12.8 Å². The lowest BCUT2D eigenvalue weighted by Crippen LogP contribution is -2.22. The van der Waals surface area contributed by atoms with Crippen molar-refractivity contribution in [3.8, 4) is 0 Å². The first kappa shape index (κ1) is 9.33. The van der Waals surface area contributed by atoms with Gasteiger partial charge in [0.2, 0.25) is 0 Å². The molecule has 0 aromatic heterocycles. The lowest BCUT2D eigenvalue weighted by molar-refractivity contribution is -0.108. The number of carbonyl (C=O) groups excluding carboxylic acids is 1. The molecule has 1 unspecified atom stereocenters. The van der Waals surface area contributed by atoms with Crippen molar-refractivity contribution in [2.45, 2.75) is 6.04 Å². The Balaban J connectivity index is 0.000000236. The Labute approximate surface area is 61.1 Å². The lowest BCUT2D eigenvalue weighted by atomic mass is 10.4. The first-order chi connectivity index (χ1) is 4.85. The molecule has 1 N–H and O–H groups in total. The average molecular weight is 143 g/mol. The number of rotatable bonds is 1. The van der Waals surface area contributed by atoms with Crippen LogP contribution in [0.1, 0.15) is 0 Å². The minimum Gasteiger partial charge on any atom is -0.388 e. The smallest absolute Gasteiger partial charge is 0.140 e. The highest BCUT2D eigenvalue weighted by molar-refractivity contribution is 5.61. The second-order valence-corrected chi connectivity index (χ2v) is 1.91. The van der Waals surface area contributed by atoms with E-state index in [1.54, 1.807) is 14.2 Å². The van der Waals surface area contributed by atoms with E-state index in [2.05, 4.69) is 10.1 Å². The Morgan fingerprint density at radius 2 is 2.30 bits per heavy atom. The molecule has 1 heterocycles. The van der Waals surface area contributed by atoms with Crippen molar-refractivity contribution in [1.29, 1.82) is 0 Å². The third kappa shape index (κ3) is 4.23. The van der Waals surface area contributed by atoms with Gasteiger partial charge in [0.1, 0.15) is 6.29 Å². The van der Waals surface area contributed by atoms with Gasteiger partial charge < -0.3 is 14.8 Å². The number of hydrogen-bond acceptors (Lipinski definition) is 3. The summed E-state index contributed by atoms with van der Waals surface area (Å²) in [7, 11) is 3.25. The molecule has 0 bridgehead atoms. The first-order valence-corrected chi connectivity index (χ1v) is 3.10. The van der Waals surface area contributed by atoms with Gasteiger partial charge >= 0.3 is 0 Å². The summed E-state index contributed by atoms with van der Waals surface area (Å²) in [6.07, 6.45) is 4.69. The van der Waals surface area contributed by atoms with Gasteiger partial charge in [-0.25, -0.2) is 0 Å². The van der Waals surface area contributed by atoms with Crippen LogP contribution in [0.5, 0.6) is 0 Å². The van der Waals surface area contributed by atoms with E-state index in [0.29, 0.717) is 0 Å². The van der Waals surface area contributed by atoms with Gasteiger partial charge in [-0.2, -0.15) is 0 Å². The molecule has 3 heteroatoms. The molecule has 1 rings (SSSR count). The fourth-order valence-electron chi connectivity index (χ4n) is 0.580. The molecule has 10 heavy (non-hydrogen) atoms. The predicted octanol–water partition coefficient (Wildman–Crippen LogP) is -0.0241. The van der Waals surface area contributed by atoms with Crippen molar-refractivity contribution in [3.63, 3.8) is 0 Å². The van der Waals surface area contributed by atoms with Gasteiger partial charge in [-0.05, 0) is 0 Å². The zero-order valence-electron chi connectivity index (χ0n) is 6.33. The summed E-state index contributed by atoms with van der Waals surface area (Å²) in [5.41, 5.74) is 0. The number of aldehydes is 1. The van der Waals surface area contributed by atoms with Crippen LogP contribution in [-0.2, 0) is 9.53 Å². The van der Waals surface area contributed by atoms with E-state index >= 15 is 0 Å². The van der Waals surface area contributed by atoms with Crippen LogP contribution in [0.2, 0.25) is 0 Å². The number of ether oxygens (including phenoxy) is 1. The molecule has 0 aromatic rings. The molecule has 1 aliphatic heterocycles. The molecule has 0 saturated heterocycles. The van der Waals surface area contributed by atoms with Crippen LogP contribution >= 0.6 is 0 Å². The van der Waals surface area contributed by atoms with Gasteiger partial charge in [0.15, 0.2) is 0 Å². The summed E-state index contributed by atoms with van der Waals surface area (Å²) >= 11 is 0. The molecule has 0 aliphatic carbocycles. The molecule has 0 saturated carbocycles. The first-order valence-electron chi connectivity index (χ1n) is 3.10. The van der Waals surface area contributed by atoms with Gasteiger partial charge in [0, 0.05) is 20.8 Å². The highest BCUT2D eigenvalue weighted by Crippen LogP contribution is 1.88. The van der Waals surface area contributed by atoms with Gasteiger partial charge in [-0.15, -0.1) is 0 Å². The van der Waals surface area contributed by atoms with E-state index < -0.39 is 0 Å². The largest absolute Gasteiger partial charge is 0.388 e. The molecule has 0 spiro atoms. The predicted molar refractivity (Wildman–Crippen MR) is 39.9 cm³/mol. The molecule has 58 valence electrons. The molecule has 0 aromatic carbocycles. The normalized spacial score (nSPS) is 21.6. The summed E-state index contributed by atoms with van der Waals surface area (Å²) < 4.78 is 4.25. The maximum Gasteiger partial charge on any atom is 0.140 e. The minimum atomic E-state index is -0.0139. The van der Waals surface area contributed by atoms with Crippen LogP contribution < -0.4 is 5.32 Å². The van der Waals surface area contributed by atoms with Crippen LogP contribution in [0.25, 0.3) is 0 Å². The van der Waals surface area contributed by atoms with E-state index in [-0.39, 0.29) is 6.04 Å². The van der Waals surface area contributed by atoms with Crippen molar-refractivity contribution in [3.05, 3.63) is 12.2 Å². The second kappa shape index (κ2) is 6.45. The highest BCUT2D eigenvalue weighted by atomic mass is 16.4. The Morgan fingerprint density at radius 3 is 2.50 bits per heavy atom. The molecule has 0 fully saturated rings.